The Morgan fingerprint density at radius 3 is 2.67 bits per heavy atom. The standard InChI is InChI=1S/C19H26N2O5S/c1-20-13-19(14-26-15-5-2-3-7-17(15)27(20,23)24)8-10-21(11-9-19)18(22)16-6-4-12-25-16/h2-3,5,7,16H,4,6,8-14H2,1H3. The van der Waals surface area contributed by atoms with Gasteiger partial charge in [-0.25, -0.2) is 12.7 Å². The molecule has 7 nitrogen and oxygen atoms in total. The summed E-state index contributed by atoms with van der Waals surface area (Å²) in [5, 5.41) is 0. The third-order valence-electron chi connectivity index (χ3n) is 5.97. The molecule has 0 aromatic heterocycles. The second kappa shape index (κ2) is 7.07. The SMILES string of the molecule is CN1CC2(CCN(C(=O)C3CCCO3)CC2)COc2ccccc2S1(=O)=O. The number of para-hydroxylation sites is 1. The van der Waals surface area contributed by atoms with Gasteiger partial charge in [-0.2, -0.15) is 0 Å². The molecule has 1 amide bonds. The van der Waals surface area contributed by atoms with Crippen molar-refractivity contribution in [2.75, 3.05) is 39.9 Å². The average Bonchev–Trinajstić information content (AvgIpc) is 3.21. The van der Waals surface area contributed by atoms with E-state index in [0.29, 0.717) is 51.4 Å². The molecule has 0 radical (unpaired) electrons. The van der Waals surface area contributed by atoms with E-state index >= 15 is 0 Å². The number of carbonyl (C=O) groups is 1. The van der Waals surface area contributed by atoms with Crippen molar-refractivity contribution in [3.05, 3.63) is 24.3 Å². The van der Waals surface area contributed by atoms with Gasteiger partial charge in [0, 0.05) is 38.7 Å². The summed E-state index contributed by atoms with van der Waals surface area (Å²) in [6, 6.07) is 6.78. The largest absolute Gasteiger partial charge is 0.492 e. The van der Waals surface area contributed by atoms with Crippen LogP contribution in [0.2, 0.25) is 0 Å². The molecule has 0 N–H and O–H groups in total. The smallest absolute Gasteiger partial charge is 0.251 e. The summed E-state index contributed by atoms with van der Waals surface area (Å²) in [4.78, 5) is 14.7. The fourth-order valence-corrected chi connectivity index (χ4v) is 5.68. The molecule has 1 aromatic carbocycles. The van der Waals surface area contributed by atoms with Crippen molar-refractivity contribution in [2.45, 2.75) is 36.7 Å². The molecule has 1 unspecified atom stereocenters. The van der Waals surface area contributed by atoms with E-state index in [1.54, 1.807) is 31.3 Å². The Labute approximate surface area is 160 Å². The number of hydrogen-bond acceptors (Lipinski definition) is 5. The number of sulfonamides is 1. The number of hydrogen-bond donors (Lipinski definition) is 0. The number of amides is 1. The number of rotatable bonds is 1. The predicted octanol–water partition coefficient (Wildman–Crippen LogP) is 1.49. The van der Waals surface area contributed by atoms with Crippen LogP contribution in [-0.4, -0.2) is 69.5 Å². The van der Waals surface area contributed by atoms with Crippen LogP contribution in [0.3, 0.4) is 0 Å². The van der Waals surface area contributed by atoms with Gasteiger partial charge in [-0.1, -0.05) is 12.1 Å². The molecule has 3 heterocycles. The molecule has 0 bridgehead atoms. The van der Waals surface area contributed by atoms with Crippen molar-refractivity contribution in [2.24, 2.45) is 5.41 Å². The minimum atomic E-state index is -3.59. The van der Waals surface area contributed by atoms with Gasteiger partial charge >= 0.3 is 0 Å². The minimum absolute atomic E-state index is 0.0698. The first-order chi connectivity index (χ1) is 12.9. The Kier molecular flexibility index (Phi) is 4.90. The van der Waals surface area contributed by atoms with Gasteiger partial charge in [0.2, 0.25) is 10.0 Å². The second-order valence-electron chi connectivity index (χ2n) is 7.82. The van der Waals surface area contributed by atoms with E-state index in [1.807, 2.05) is 4.90 Å². The molecule has 1 spiro atoms. The highest BCUT2D eigenvalue weighted by Crippen LogP contribution is 2.38. The first-order valence-electron chi connectivity index (χ1n) is 9.50. The summed E-state index contributed by atoms with van der Waals surface area (Å²) in [7, 11) is -1.96. The zero-order chi connectivity index (χ0) is 19.1. The van der Waals surface area contributed by atoms with Crippen LogP contribution in [0.5, 0.6) is 5.75 Å². The molecule has 0 aliphatic carbocycles. The third-order valence-corrected chi connectivity index (χ3v) is 7.81. The van der Waals surface area contributed by atoms with E-state index in [-0.39, 0.29) is 22.3 Å². The maximum absolute atomic E-state index is 12.9. The lowest BCUT2D eigenvalue weighted by atomic mass is 9.78. The predicted molar refractivity (Wildman–Crippen MR) is 99.0 cm³/mol. The van der Waals surface area contributed by atoms with Gasteiger partial charge in [0.05, 0.1) is 6.61 Å². The number of nitrogens with zero attached hydrogens (tertiary/aromatic N) is 2. The molecule has 148 valence electrons. The minimum Gasteiger partial charge on any atom is -0.492 e. The number of benzene rings is 1. The Balaban J connectivity index is 1.51. The van der Waals surface area contributed by atoms with Crippen LogP contribution in [0.25, 0.3) is 0 Å². The lowest BCUT2D eigenvalue weighted by Gasteiger charge is -2.44. The molecular formula is C19H26N2O5S. The summed E-state index contributed by atoms with van der Waals surface area (Å²) in [5.74, 6) is 0.474. The molecule has 27 heavy (non-hydrogen) atoms. The van der Waals surface area contributed by atoms with E-state index in [0.717, 1.165) is 12.8 Å². The van der Waals surface area contributed by atoms with Crippen LogP contribution in [0.4, 0.5) is 0 Å². The molecule has 1 aromatic rings. The van der Waals surface area contributed by atoms with Crippen LogP contribution in [0.1, 0.15) is 25.7 Å². The van der Waals surface area contributed by atoms with Gasteiger partial charge in [0.1, 0.15) is 16.7 Å². The summed E-state index contributed by atoms with van der Waals surface area (Å²) in [6.07, 6.45) is 2.86. The van der Waals surface area contributed by atoms with Crippen molar-refractivity contribution in [1.82, 2.24) is 9.21 Å². The van der Waals surface area contributed by atoms with E-state index in [9.17, 15) is 13.2 Å². The van der Waals surface area contributed by atoms with E-state index in [2.05, 4.69) is 0 Å². The highest BCUT2D eigenvalue weighted by molar-refractivity contribution is 7.89. The summed E-state index contributed by atoms with van der Waals surface area (Å²) in [6.45, 7) is 2.72. The Hall–Kier alpha value is -1.64. The van der Waals surface area contributed by atoms with Gasteiger partial charge in [0.15, 0.2) is 0 Å². The van der Waals surface area contributed by atoms with Crippen molar-refractivity contribution >= 4 is 15.9 Å². The fraction of sp³-hybridized carbons (Fsp3) is 0.632. The number of piperidine rings is 1. The Morgan fingerprint density at radius 1 is 1.22 bits per heavy atom. The Bertz CT molecular complexity index is 811. The molecule has 8 heteroatoms. The summed E-state index contributed by atoms with van der Waals surface area (Å²) < 4.78 is 38.8. The summed E-state index contributed by atoms with van der Waals surface area (Å²) >= 11 is 0. The van der Waals surface area contributed by atoms with Gasteiger partial charge in [-0.15, -0.1) is 0 Å². The highest BCUT2D eigenvalue weighted by atomic mass is 32.2. The lowest BCUT2D eigenvalue weighted by molar-refractivity contribution is -0.143. The van der Waals surface area contributed by atoms with Crippen molar-refractivity contribution < 1.29 is 22.7 Å². The average molecular weight is 394 g/mol. The quantitative estimate of drug-likeness (QED) is 0.721. The Morgan fingerprint density at radius 2 is 1.96 bits per heavy atom. The topological polar surface area (TPSA) is 76.2 Å². The fourth-order valence-electron chi connectivity index (χ4n) is 4.26. The monoisotopic (exact) mass is 394 g/mol. The van der Waals surface area contributed by atoms with Crippen LogP contribution in [0.15, 0.2) is 29.2 Å². The first-order valence-corrected chi connectivity index (χ1v) is 10.9. The van der Waals surface area contributed by atoms with E-state index in [4.69, 9.17) is 9.47 Å². The molecule has 4 rings (SSSR count). The summed E-state index contributed by atoms with van der Waals surface area (Å²) in [5.41, 5.74) is -0.289. The maximum atomic E-state index is 12.9. The molecular weight excluding hydrogens is 368 g/mol. The normalized spacial score (nSPS) is 27.4. The van der Waals surface area contributed by atoms with Gasteiger partial charge in [-0.05, 0) is 37.8 Å². The first kappa shape index (κ1) is 18.7. The molecule has 2 saturated heterocycles. The van der Waals surface area contributed by atoms with Gasteiger partial charge in [-0.3, -0.25) is 4.79 Å². The van der Waals surface area contributed by atoms with Crippen LogP contribution in [-0.2, 0) is 19.6 Å². The highest BCUT2D eigenvalue weighted by Gasteiger charge is 2.43. The zero-order valence-electron chi connectivity index (χ0n) is 15.6. The number of carbonyl (C=O) groups excluding carboxylic acids is 1. The molecule has 3 aliphatic rings. The van der Waals surface area contributed by atoms with Gasteiger partial charge < -0.3 is 14.4 Å². The third kappa shape index (κ3) is 3.46. The lowest BCUT2D eigenvalue weighted by Crippen LogP contribution is -2.53. The van der Waals surface area contributed by atoms with E-state index in [1.165, 1.54) is 4.31 Å². The van der Waals surface area contributed by atoms with Crippen LogP contribution in [0, 0.1) is 5.41 Å². The molecule has 0 saturated carbocycles. The van der Waals surface area contributed by atoms with Crippen LogP contribution < -0.4 is 4.74 Å². The zero-order valence-corrected chi connectivity index (χ0v) is 16.4. The maximum Gasteiger partial charge on any atom is 0.251 e. The molecule has 3 aliphatic heterocycles. The van der Waals surface area contributed by atoms with Crippen molar-refractivity contribution in [3.8, 4) is 5.75 Å². The second-order valence-corrected chi connectivity index (χ2v) is 9.84. The number of ether oxygens (including phenoxy) is 2. The van der Waals surface area contributed by atoms with Gasteiger partial charge in [0.25, 0.3) is 5.91 Å². The van der Waals surface area contributed by atoms with Crippen LogP contribution >= 0.6 is 0 Å². The molecule has 2 fully saturated rings. The number of fused-ring (bicyclic) bond motifs is 1. The van der Waals surface area contributed by atoms with Crippen molar-refractivity contribution in [3.63, 3.8) is 0 Å². The van der Waals surface area contributed by atoms with Crippen molar-refractivity contribution in [1.29, 1.82) is 0 Å². The number of likely N-dealkylation sites (tertiary alicyclic amines) is 1. The van der Waals surface area contributed by atoms with E-state index < -0.39 is 10.0 Å². The molecule has 1 atom stereocenters.